The average Bonchev–Trinajstić information content (AvgIpc) is 3.41. The van der Waals surface area contributed by atoms with Gasteiger partial charge in [-0.15, -0.1) is 0 Å². The van der Waals surface area contributed by atoms with E-state index in [2.05, 4.69) is 11.4 Å². The Hall–Kier alpha value is -3.27. The summed E-state index contributed by atoms with van der Waals surface area (Å²) in [6.45, 7) is 3.30. The first-order chi connectivity index (χ1) is 13.0. The zero-order chi connectivity index (χ0) is 19.1. The van der Waals surface area contributed by atoms with Gasteiger partial charge in [-0.25, -0.2) is 4.79 Å². The molecule has 3 N–H and O–H groups in total. The minimum absolute atomic E-state index is 0.227. The highest BCUT2D eigenvalue weighted by atomic mass is 16.2. The van der Waals surface area contributed by atoms with Gasteiger partial charge in [-0.2, -0.15) is 5.26 Å². The summed E-state index contributed by atoms with van der Waals surface area (Å²) in [4.78, 5) is 26.4. The molecule has 2 aliphatic rings. The molecule has 138 valence electrons. The summed E-state index contributed by atoms with van der Waals surface area (Å²) in [6.07, 6.45) is 2.04. The monoisotopic (exact) mass is 363 g/mol. The predicted molar refractivity (Wildman–Crippen MR) is 100 cm³/mol. The van der Waals surface area contributed by atoms with E-state index in [0.29, 0.717) is 30.3 Å². The van der Waals surface area contributed by atoms with Crippen LogP contribution in [0.2, 0.25) is 0 Å². The van der Waals surface area contributed by atoms with Gasteiger partial charge in [0.15, 0.2) is 0 Å². The van der Waals surface area contributed by atoms with Crippen LogP contribution in [0.3, 0.4) is 0 Å². The SMILES string of the molecule is Cc1cccc(NC(=O)N2CCn3c(c(C(N)=O)c(C#N)c3C3CC3)C2)c1. The molecule has 3 amide bonds. The number of amides is 3. The Morgan fingerprint density at radius 2 is 2.07 bits per heavy atom. The lowest BCUT2D eigenvalue weighted by Gasteiger charge is -2.30. The van der Waals surface area contributed by atoms with E-state index in [4.69, 9.17) is 5.73 Å². The van der Waals surface area contributed by atoms with Crippen molar-refractivity contribution in [2.75, 3.05) is 11.9 Å². The van der Waals surface area contributed by atoms with Gasteiger partial charge in [0.1, 0.15) is 6.07 Å². The third-order valence-corrected chi connectivity index (χ3v) is 5.22. The Balaban J connectivity index is 1.64. The third-order valence-electron chi connectivity index (χ3n) is 5.22. The fourth-order valence-electron chi connectivity index (χ4n) is 3.85. The van der Waals surface area contributed by atoms with E-state index in [-0.39, 0.29) is 18.1 Å². The molecule has 1 aliphatic carbocycles. The summed E-state index contributed by atoms with van der Waals surface area (Å²) < 4.78 is 2.03. The highest BCUT2D eigenvalue weighted by molar-refractivity contribution is 5.98. The number of fused-ring (bicyclic) bond motifs is 1. The van der Waals surface area contributed by atoms with Crippen molar-refractivity contribution in [1.82, 2.24) is 9.47 Å². The fourth-order valence-corrected chi connectivity index (χ4v) is 3.85. The smallest absolute Gasteiger partial charge is 0.322 e. The van der Waals surface area contributed by atoms with Crippen molar-refractivity contribution in [3.8, 4) is 6.07 Å². The number of aromatic nitrogens is 1. The maximum absolute atomic E-state index is 12.7. The summed E-state index contributed by atoms with van der Waals surface area (Å²) in [5.74, 6) is -0.290. The van der Waals surface area contributed by atoms with Crippen molar-refractivity contribution < 1.29 is 9.59 Å². The average molecular weight is 363 g/mol. The Bertz CT molecular complexity index is 981. The molecule has 0 atom stereocenters. The highest BCUT2D eigenvalue weighted by Gasteiger charge is 2.37. The molecule has 0 bridgehead atoms. The van der Waals surface area contributed by atoms with Crippen LogP contribution in [0.25, 0.3) is 0 Å². The van der Waals surface area contributed by atoms with Gasteiger partial charge >= 0.3 is 6.03 Å². The van der Waals surface area contributed by atoms with Gasteiger partial charge in [-0.05, 0) is 37.5 Å². The molecule has 0 radical (unpaired) electrons. The normalized spacial score (nSPS) is 15.8. The van der Waals surface area contributed by atoms with E-state index < -0.39 is 5.91 Å². The number of nitriles is 1. The molecule has 2 heterocycles. The van der Waals surface area contributed by atoms with E-state index in [9.17, 15) is 14.9 Å². The first-order valence-electron chi connectivity index (χ1n) is 9.07. The first kappa shape index (κ1) is 17.2. The van der Waals surface area contributed by atoms with Crippen LogP contribution in [0, 0.1) is 18.3 Å². The van der Waals surface area contributed by atoms with Gasteiger partial charge in [-0.3, -0.25) is 4.79 Å². The van der Waals surface area contributed by atoms with Gasteiger partial charge in [-0.1, -0.05) is 12.1 Å². The van der Waals surface area contributed by atoms with Gasteiger partial charge in [0.05, 0.1) is 23.4 Å². The number of carbonyl (C=O) groups is 2. The predicted octanol–water partition coefficient (Wildman–Crippen LogP) is 2.69. The molecule has 1 aromatic heterocycles. The maximum atomic E-state index is 12.7. The van der Waals surface area contributed by atoms with Gasteiger partial charge in [0.2, 0.25) is 0 Å². The van der Waals surface area contributed by atoms with Crippen LogP contribution in [0.1, 0.15) is 51.6 Å². The number of primary amides is 1. The van der Waals surface area contributed by atoms with Crippen LogP contribution in [0.15, 0.2) is 24.3 Å². The number of nitrogens with one attached hydrogen (secondary N) is 1. The van der Waals surface area contributed by atoms with E-state index in [1.165, 1.54) is 0 Å². The van der Waals surface area contributed by atoms with Crippen molar-refractivity contribution in [3.05, 3.63) is 52.3 Å². The van der Waals surface area contributed by atoms with Crippen molar-refractivity contribution in [2.24, 2.45) is 5.73 Å². The second-order valence-corrected chi connectivity index (χ2v) is 7.21. The quantitative estimate of drug-likeness (QED) is 0.876. The lowest BCUT2D eigenvalue weighted by Crippen LogP contribution is -2.41. The molecule has 4 rings (SSSR count). The Morgan fingerprint density at radius 1 is 1.30 bits per heavy atom. The number of benzene rings is 1. The molecule has 0 unspecified atom stereocenters. The fraction of sp³-hybridized carbons (Fsp3) is 0.350. The minimum atomic E-state index is -0.608. The number of urea groups is 1. The first-order valence-corrected chi connectivity index (χ1v) is 9.07. The zero-order valence-corrected chi connectivity index (χ0v) is 15.2. The van der Waals surface area contributed by atoms with Gasteiger partial charge < -0.3 is 20.5 Å². The molecule has 7 heteroatoms. The topological polar surface area (TPSA) is 104 Å². The maximum Gasteiger partial charge on any atom is 0.322 e. The largest absolute Gasteiger partial charge is 0.366 e. The number of hydrogen-bond donors (Lipinski definition) is 2. The number of aryl methyl sites for hydroxylation is 1. The van der Waals surface area contributed by atoms with Crippen LogP contribution in [0.4, 0.5) is 10.5 Å². The molecule has 2 aromatic rings. The molecule has 27 heavy (non-hydrogen) atoms. The molecule has 1 aromatic carbocycles. The molecule has 1 aliphatic heterocycles. The van der Waals surface area contributed by atoms with Crippen LogP contribution >= 0.6 is 0 Å². The number of carbonyl (C=O) groups excluding carboxylic acids is 2. The summed E-state index contributed by atoms with van der Waals surface area (Å²) in [5.41, 5.74) is 9.63. The Morgan fingerprint density at radius 3 is 2.70 bits per heavy atom. The number of anilines is 1. The number of nitrogens with two attached hydrogens (primary N) is 1. The van der Waals surface area contributed by atoms with E-state index in [1.54, 1.807) is 4.90 Å². The minimum Gasteiger partial charge on any atom is -0.366 e. The second-order valence-electron chi connectivity index (χ2n) is 7.21. The number of rotatable bonds is 3. The summed E-state index contributed by atoms with van der Waals surface area (Å²) in [6, 6.07) is 9.54. The van der Waals surface area contributed by atoms with Crippen LogP contribution in [-0.4, -0.2) is 28.0 Å². The molecule has 1 fully saturated rings. The van der Waals surface area contributed by atoms with E-state index in [1.807, 2.05) is 35.8 Å². The molecule has 0 saturated heterocycles. The highest BCUT2D eigenvalue weighted by Crippen LogP contribution is 2.44. The molecule has 7 nitrogen and oxygen atoms in total. The van der Waals surface area contributed by atoms with Crippen molar-refractivity contribution in [1.29, 1.82) is 5.26 Å². The Kier molecular flexibility index (Phi) is 4.11. The summed E-state index contributed by atoms with van der Waals surface area (Å²) in [7, 11) is 0. The number of nitrogens with zero attached hydrogens (tertiary/aromatic N) is 3. The summed E-state index contributed by atoms with van der Waals surface area (Å²) in [5, 5.41) is 12.5. The molecular weight excluding hydrogens is 342 g/mol. The molecule has 0 spiro atoms. The second kappa shape index (κ2) is 6.47. The van der Waals surface area contributed by atoms with Crippen molar-refractivity contribution >= 4 is 17.6 Å². The van der Waals surface area contributed by atoms with Gasteiger partial charge in [0, 0.05) is 30.4 Å². The van der Waals surface area contributed by atoms with Crippen molar-refractivity contribution in [2.45, 2.75) is 38.8 Å². The van der Waals surface area contributed by atoms with Gasteiger partial charge in [0.25, 0.3) is 5.91 Å². The van der Waals surface area contributed by atoms with Crippen LogP contribution < -0.4 is 11.1 Å². The van der Waals surface area contributed by atoms with Crippen molar-refractivity contribution in [3.63, 3.8) is 0 Å². The number of hydrogen-bond acceptors (Lipinski definition) is 3. The lowest BCUT2D eigenvalue weighted by molar-refractivity contribution is 0.0997. The van der Waals surface area contributed by atoms with E-state index >= 15 is 0 Å². The third kappa shape index (κ3) is 3.04. The van der Waals surface area contributed by atoms with Crippen LogP contribution in [-0.2, 0) is 13.1 Å². The summed E-state index contributed by atoms with van der Waals surface area (Å²) >= 11 is 0. The standard InChI is InChI=1S/C20H21N5O2/c1-12-3-2-4-14(9-12)23-20(27)24-7-8-25-16(11-24)17(19(22)26)15(10-21)18(25)13-5-6-13/h2-4,9,13H,5-8,11H2,1H3,(H2,22,26)(H,23,27). The van der Waals surface area contributed by atoms with Crippen LogP contribution in [0.5, 0.6) is 0 Å². The lowest BCUT2D eigenvalue weighted by atomic mass is 10.1. The Labute approximate surface area is 157 Å². The molecular formula is C20H21N5O2. The molecule has 1 saturated carbocycles. The van der Waals surface area contributed by atoms with E-state index in [0.717, 1.165) is 29.8 Å². The zero-order valence-electron chi connectivity index (χ0n) is 15.2.